The summed E-state index contributed by atoms with van der Waals surface area (Å²) in [4.78, 5) is 4.05. The monoisotopic (exact) mass is 375 g/mol. The molecular weight excluding hydrogens is 367 g/mol. The second kappa shape index (κ2) is 6.40. The van der Waals surface area contributed by atoms with Crippen LogP contribution in [0.4, 0.5) is 24.7 Å². The van der Waals surface area contributed by atoms with E-state index >= 15 is 0 Å². The second-order valence-corrected chi connectivity index (χ2v) is 5.34. The van der Waals surface area contributed by atoms with Gasteiger partial charge in [-0.2, -0.15) is 13.2 Å². The molecule has 0 spiro atoms. The number of hydrogen-bond donors (Lipinski definition) is 2. The Morgan fingerprint density at radius 2 is 1.90 bits per heavy atom. The lowest BCUT2D eigenvalue weighted by atomic mass is 10.2. The fraction of sp³-hybridized carbons (Fsp3) is 0.0769. The van der Waals surface area contributed by atoms with Gasteiger partial charge in [-0.1, -0.05) is 6.07 Å². The minimum Gasteiger partial charge on any atom is -0.332 e. The summed E-state index contributed by atoms with van der Waals surface area (Å²) >= 11 is 8.28. The summed E-state index contributed by atoms with van der Waals surface area (Å²) in [5.74, 6) is 0.489. The first kappa shape index (κ1) is 15.7. The van der Waals surface area contributed by atoms with Crippen molar-refractivity contribution < 1.29 is 13.2 Å². The number of benzene rings is 1. The number of halogens is 4. The number of aromatic nitrogens is 1. The molecule has 0 saturated heterocycles. The number of pyridine rings is 1. The summed E-state index contributed by atoms with van der Waals surface area (Å²) in [6.07, 6.45) is -2.81. The van der Waals surface area contributed by atoms with Gasteiger partial charge >= 0.3 is 6.18 Å². The van der Waals surface area contributed by atoms with Crippen molar-refractivity contribution in [3.8, 4) is 0 Å². The van der Waals surface area contributed by atoms with Gasteiger partial charge in [-0.3, -0.25) is 0 Å². The number of thiocarbonyl (C=S) groups is 1. The van der Waals surface area contributed by atoms with E-state index in [2.05, 4.69) is 31.5 Å². The number of hydrogen-bond acceptors (Lipinski definition) is 2. The minimum absolute atomic E-state index is 0.157. The fourth-order valence-corrected chi connectivity index (χ4v) is 1.96. The van der Waals surface area contributed by atoms with Gasteiger partial charge in [0.15, 0.2) is 5.11 Å². The quantitative estimate of drug-likeness (QED) is 0.747. The third kappa shape index (κ3) is 4.68. The Bertz CT molecular complexity index is 644. The van der Waals surface area contributed by atoms with E-state index in [9.17, 15) is 13.2 Å². The molecule has 0 fully saturated rings. The van der Waals surface area contributed by atoms with E-state index in [4.69, 9.17) is 12.2 Å². The lowest BCUT2D eigenvalue weighted by molar-refractivity contribution is -0.137. The van der Waals surface area contributed by atoms with Crippen LogP contribution in [-0.2, 0) is 6.18 Å². The van der Waals surface area contributed by atoms with Gasteiger partial charge in [0.2, 0.25) is 0 Å². The zero-order chi connectivity index (χ0) is 15.5. The molecule has 0 aliphatic rings. The van der Waals surface area contributed by atoms with Crippen LogP contribution < -0.4 is 10.6 Å². The van der Waals surface area contributed by atoms with Crippen molar-refractivity contribution in [1.29, 1.82) is 0 Å². The van der Waals surface area contributed by atoms with Gasteiger partial charge in [0, 0.05) is 16.4 Å². The van der Waals surface area contributed by atoms with Crippen LogP contribution in [-0.4, -0.2) is 10.1 Å². The molecule has 21 heavy (non-hydrogen) atoms. The average Bonchev–Trinajstić information content (AvgIpc) is 2.41. The lowest BCUT2D eigenvalue weighted by Crippen LogP contribution is -2.20. The van der Waals surface area contributed by atoms with Crippen molar-refractivity contribution >= 4 is 44.8 Å². The van der Waals surface area contributed by atoms with Gasteiger partial charge in [-0.05, 0) is 58.5 Å². The highest BCUT2D eigenvalue weighted by atomic mass is 79.9. The van der Waals surface area contributed by atoms with Crippen LogP contribution in [0.25, 0.3) is 0 Å². The first-order chi connectivity index (χ1) is 9.84. The van der Waals surface area contributed by atoms with Crippen molar-refractivity contribution in [2.45, 2.75) is 6.18 Å². The van der Waals surface area contributed by atoms with E-state index in [-0.39, 0.29) is 10.8 Å². The number of anilines is 2. The van der Waals surface area contributed by atoms with E-state index in [1.54, 1.807) is 18.3 Å². The zero-order valence-electron chi connectivity index (χ0n) is 10.4. The Kier molecular flexibility index (Phi) is 4.79. The first-order valence-electron chi connectivity index (χ1n) is 5.71. The Morgan fingerprint density at radius 1 is 1.14 bits per heavy atom. The summed E-state index contributed by atoms with van der Waals surface area (Å²) in [6, 6.07) is 8.25. The second-order valence-electron chi connectivity index (χ2n) is 4.02. The maximum absolute atomic E-state index is 12.6. The molecule has 0 atom stereocenters. The van der Waals surface area contributed by atoms with Crippen LogP contribution in [0.3, 0.4) is 0 Å². The van der Waals surface area contributed by atoms with Gasteiger partial charge in [0.05, 0.1) is 5.56 Å². The smallest absolute Gasteiger partial charge is 0.332 e. The number of alkyl halides is 3. The molecule has 0 radical (unpaired) electrons. The fourth-order valence-electron chi connectivity index (χ4n) is 1.50. The van der Waals surface area contributed by atoms with E-state index in [0.29, 0.717) is 5.82 Å². The normalized spacial score (nSPS) is 11.0. The highest BCUT2D eigenvalue weighted by molar-refractivity contribution is 9.10. The van der Waals surface area contributed by atoms with Crippen LogP contribution in [0.15, 0.2) is 47.1 Å². The van der Waals surface area contributed by atoms with Gasteiger partial charge in [0.1, 0.15) is 5.82 Å². The SMILES string of the molecule is FC(F)(F)c1cccc(NC(=S)Nc2ccc(Br)cn2)c1. The first-order valence-corrected chi connectivity index (χ1v) is 6.91. The molecule has 2 N–H and O–H groups in total. The summed E-state index contributed by atoms with van der Waals surface area (Å²) in [6.45, 7) is 0. The van der Waals surface area contributed by atoms with Crippen LogP contribution in [0.2, 0.25) is 0 Å². The summed E-state index contributed by atoms with van der Waals surface area (Å²) in [7, 11) is 0. The predicted octanol–water partition coefficient (Wildman–Crippen LogP) is 4.67. The van der Waals surface area contributed by atoms with Crippen molar-refractivity contribution in [3.05, 3.63) is 52.6 Å². The topological polar surface area (TPSA) is 37.0 Å². The van der Waals surface area contributed by atoms with Crippen molar-refractivity contribution in [2.75, 3.05) is 10.6 Å². The molecule has 2 aromatic rings. The number of nitrogens with zero attached hydrogens (tertiary/aromatic N) is 1. The Morgan fingerprint density at radius 3 is 2.52 bits per heavy atom. The van der Waals surface area contributed by atoms with Gasteiger partial charge < -0.3 is 10.6 Å². The van der Waals surface area contributed by atoms with Crippen molar-refractivity contribution in [3.63, 3.8) is 0 Å². The highest BCUT2D eigenvalue weighted by Gasteiger charge is 2.30. The molecule has 2 rings (SSSR count). The van der Waals surface area contributed by atoms with Crippen molar-refractivity contribution in [2.24, 2.45) is 0 Å². The highest BCUT2D eigenvalue weighted by Crippen LogP contribution is 2.30. The third-order valence-electron chi connectivity index (χ3n) is 2.42. The molecule has 0 aliphatic carbocycles. The number of nitrogens with one attached hydrogen (secondary N) is 2. The largest absolute Gasteiger partial charge is 0.416 e. The molecule has 110 valence electrons. The van der Waals surface area contributed by atoms with Gasteiger partial charge in [0.25, 0.3) is 0 Å². The molecule has 1 aromatic carbocycles. The molecule has 1 heterocycles. The maximum Gasteiger partial charge on any atom is 0.416 e. The average molecular weight is 376 g/mol. The molecule has 0 amide bonds. The summed E-state index contributed by atoms with van der Waals surface area (Å²) in [5, 5.41) is 5.63. The van der Waals surface area contributed by atoms with Crippen LogP contribution in [0, 0.1) is 0 Å². The van der Waals surface area contributed by atoms with Crippen LogP contribution in [0.1, 0.15) is 5.56 Å². The predicted molar refractivity (Wildman–Crippen MR) is 83.2 cm³/mol. The van der Waals surface area contributed by atoms with Crippen LogP contribution in [0.5, 0.6) is 0 Å². The number of rotatable bonds is 2. The molecular formula is C13H9BrF3N3S. The lowest BCUT2D eigenvalue weighted by Gasteiger charge is -2.12. The van der Waals surface area contributed by atoms with Gasteiger partial charge in [-0.15, -0.1) is 0 Å². The third-order valence-corrected chi connectivity index (χ3v) is 3.09. The molecule has 1 aromatic heterocycles. The zero-order valence-corrected chi connectivity index (χ0v) is 12.8. The van der Waals surface area contributed by atoms with E-state index < -0.39 is 11.7 Å². The maximum atomic E-state index is 12.6. The summed E-state index contributed by atoms with van der Waals surface area (Å²) < 4.78 is 38.6. The molecule has 0 aliphatic heterocycles. The minimum atomic E-state index is -4.39. The standard InChI is InChI=1S/C13H9BrF3N3S/c14-9-4-5-11(18-7-9)20-12(21)19-10-3-1-2-8(6-10)13(15,16)17/h1-7H,(H2,18,19,20,21). The van der Waals surface area contributed by atoms with E-state index in [1.807, 2.05) is 0 Å². The summed E-state index contributed by atoms with van der Waals surface area (Å²) in [5.41, 5.74) is -0.489. The molecule has 0 bridgehead atoms. The van der Waals surface area contributed by atoms with Crippen molar-refractivity contribution in [1.82, 2.24) is 4.98 Å². The molecule has 0 unspecified atom stereocenters. The molecule has 0 saturated carbocycles. The van der Waals surface area contributed by atoms with Gasteiger partial charge in [-0.25, -0.2) is 4.98 Å². The molecule has 8 heteroatoms. The van der Waals surface area contributed by atoms with E-state index in [0.717, 1.165) is 16.6 Å². The Labute approximate surface area is 132 Å². The van der Waals surface area contributed by atoms with E-state index in [1.165, 1.54) is 12.1 Å². The Balaban J connectivity index is 2.04. The van der Waals surface area contributed by atoms with Crippen LogP contribution >= 0.6 is 28.1 Å². The molecule has 3 nitrogen and oxygen atoms in total. The Hall–Kier alpha value is -1.67.